The van der Waals surface area contributed by atoms with Gasteiger partial charge in [-0.25, -0.2) is 0 Å². The molecule has 1 unspecified atom stereocenters. The van der Waals surface area contributed by atoms with E-state index >= 15 is 0 Å². The van der Waals surface area contributed by atoms with Gasteiger partial charge < -0.3 is 20.4 Å². The average molecular weight is 479 g/mol. The van der Waals surface area contributed by atoms with Crippen LogP contribution in [0.3, 0.4) is 0 Å². The van der Waals surface area contributed by atoms with E-state index in [0.29, 0.717) is 12.0 Å². The van der Waals surface area contributed by atoms with Crippen molar-refractivity contribution in [1.29, 1.82) is 0 Å². The van der Waals surface area contributed by atoms with E-state index in [1.807, 2.05) is 0 Å². The first-order valence-corrected chi connectivity index (χ1v) is 10.6. The molecule has 2 rings (SSSR count). The summed E-state index contributed by atoms with van der Waals surface area (Å²) < 4.78 is 0. The molecule has 1 aliphatic carbocycles. The van der Waals surface area contributed by atoms with E-state index in [4.69, 9.17) is 4.99 Å². The predicted octanol–water partition coefficient (Wildman–Crippen LogP) is 3.01. The molecule has 0 aromatic rings. The van der Waals surface area contributed by atoms with Gasteiger partial charge in [-0.05, 0) is 51.0 Å². The normalized spacial score (nSPS) is 26.8. The monoisotopic (exact) mass is 479 g/mol. The first-order chi connectivity index (χ1) is 12.1. The van der Waals surface area contributed by atoms with E-state index in [2.05, 4.69) is 48.1 Å². The Morgan fingerprint density at radius 2 is 1.65 bits per heavy atom. The summed E-state index contributed by atoms with van der Waals surface area (Å²) in [6.45, 7) is 18.2. The number of halogens is 1. The molecule has 26 heavy (non-hydrogen) atoms. The smallest absolute Gasteiger partial charge is 0.191 e. The molecule has 5 nitrogen and oxygen atoms in total. The Morgan fingerprint density at radius 1 is 1.04 bits per heavy atom. The highest BCUT2D eigenvalue weighted by Gasteiger charge is 2.20. The van der Waals surface area contributed by atoms with Crippen molar-refractivity contribution in [2.24, 2.45) is 16.8 Å². The fourth-order valence-corrected chi connectivity index (χ4v) is 3.95. The summed E-state index contributed by atoms with van der Waals surface area (Å²) in [5, 5.41) is 7.10. The molecular weight excluding hydrogens is 437 g/mol. The maximum atomic E-state index is 4.88. The van der Waals surface area contributed by atoms with Gasteiger partial charge in [0.2, 0.25) is 0 Å². The van der Waals surface area contributed by atoms with E-state index in [1.54, 1.807) is 0 Å². The van der Waals surface area contributed by atoms with Gasteiger partial charge in [-0.1, -0.05) is 20.8 Å². The van der Waals surface area contributed by atoms with Crippen LogP contribution in [0.25, 0.3) is 0 Å². The van der Waals surface area contributed by atoms with E-state index in [-0.39, 0.29) is 24.0 Å². The molecule has 1 saturated carbocycles. The van der Waals surface area contributed by atoms with Gasteiger partial charge in [-0.2, -0.15) is 0 Å². The summed E-state index contributed by atoms with van der Waals surface area (Å²) >= 11 is 0. The van der Waals surface area contributed by atoms with Crippen molar-refractivity contribution in [2.75, 3.05) is 52.4 Å². The third-order valence-corrected chi connectivity index (χ3v) is 5.74. The number of likely N-dealkylation sites (N-methyl/N-ethyl adjacent to an activating group) is 1. The number of rotatable bonds is 7. The molecule has 0 spiro atoms. The SMILES string of the molecule is CCNC(=NCC(C)CN1CCN(CC)CC1)NC1CCC(C)CC1.I. The van der Waals surface area contributed by atoms with Gasteiger partial charge in [0, 0.05) is 51.9 Å². The molecule has 0 aromatic carbocycles. The second kappa shape index (κ2) is 13.2. The third-order valence-electron chi connectivity index (χ3n) is 5.74. The van der Waals surface area contributed by atoms with Crippen molar-refractivity contribution in [2.45, 2.75) is 59.4 Å². The van der Waals surface area contributed by atoms with Crippen LogP contribution in [0.15, 0.2) is 4.99 Å². The Labute approximate surface area is 178 Å². The minimum Gasteiger partial charge on any atom is -0.357 e. The van der Waals surface area contributed by atoms with Crippen LogP contribution in [-0.4, -0.2) is 74.2 Å². The van der Waals surface area contributed by atoms with Crippen molar-refractivity contribution in [3.63, 3.8) is 0 Å². The van der Waals surface area contributed by atoms with Gasteiger partial charge >= 0.3 is 0 Å². The Morgan fingerprint density at radius 3 is 2.23 bits per heavy atom. The number of piperazine rings is 1. The maximum Gasteiger partial charge on any atom is 0.191 e. The molecule has 2 aliphatic rings. The molecule has 2 fully saturated rings. The Balaban J connectivity index is 0.00000338. The topological polar surface area (TPSA) is 42.9 Å². The number of hydrogen-bond donors (Lipinski definition) is 2. The molecule has 0 radical (unpaired) electrons. The van der Waals surface area contributed by atoms with Crippen molar-refractivity contribution < 1.29 is 0 Å². The number of guanidine groups is 1. The van der Waals surface area contributed by atoms with Crippen LogP contribution in [0, 0.1) is 11.8 Å². The Hall–Kier alpha value is -0.0800. The van der Waals surface area contributed by atoms with Crippen LogP contribution >= 0.6 is 24.0 Å². The first-order valence-electron chi connectivity index (χ1n) is 10.6. The zero-order valence-corrected chi connectivity index (χ0v) is 19.8. The van der Waals surface area contributed by atoms with E-state index < -0.39 is 0 Å². The Kier molecular flexibility index (Phi) is 12.1. The highest BCUT2D eigenvalue weighted by molar-refractivity contribution is 14.0. The predicted molar refractivity (Wildman–Crippen MR) is 124 cm³/mol. The maximum absolute atomic E-state index is 4.88. The minimum atomic E-state index is 0. The largest absolute Gasteiger partial charge is 0.357 e. The Bertz CT molecular complexity index is 388. The van der Waals surface area contributed by atoms with Crippen molar-refractivity contribution in [1.82, 2.24) is 20.4 Å². The van der Waals surface area contributed by atoms with Gasteiger partial charge in [0.25, 0.3) is 0 Å². The van der Waals surface area contributed by atoms with Crippen molar-refractivity contribution in [3.8, 4) is 0 Å². The molecule has 6 heteroatoms. The van der Waals surface area contributed by atoms with Crippen LogP contribution in [0.1, 0.15) is 53.4 Å². The van der Waals surface area contributed by atoms with Crippen LogP contribution < -0.4 is 10.6 Å². The van der Waals surface area contributed by atoms with E-state index in [0.717, 1.165) is 25.0 Å². The van der Waals surface area contributed by atoms with Crippen LogP contribution in [0.4, 0.5) is 0 Å². The molecule has 0 bridgehead atoms. The average Bonchev–Trinajstić information content (AvgIpc) is 2.62. The number of aliphatic imine (C=N–C) groups is 1. The number of nitrogens with zero attached hydrogens (tertiary/aromatic N) is 3. The summed E-state index contributed by atoms with van der Waals surface area (Å²) in [7, 11) is 0. The molecule has 1 heterocycles. The number of nitrogens with one attached hydrogen (secondary N) is 2. The highest BCUT2D eigenvalue weighted by Crippen LogP contribution is 2.23. The van der Waals surface area contributed by atoms with Gasteiger partial charge in [0.1, 0.15) is 0 Å². The molecule has 0 aromatic heterocycles. The minimum absolute atomic E-state index is 0. The fraction of sp³-hybridized carbons (Fsp3) is 0.950. The molecular formula is C20H42IN5. The van der Waals surface area contributed by atoms with Crippen molar-refractivity contribution >= 4 is 29.9 Å². The molecule has 1 atom stereocenters. The van der Waals surface area contributed by atoms with E-state index in [9.17, 15) is 0 Å². The summed E-state index contributed by atoms with van der Waals surface area (Å²) in [6.07, 6.45) is 5.25. The lowest BCUT2D eigenvalue weighted by molar-refractivity contribution is 0.125. The van der Waals surface area contributed by atoms with Crippen LogP contribution in [0.5, 0.6) is 0 Å². The summed E-state index contributed by atoms with van der Waals surface area (Å²) in [5.74, 6) is 2.52. The van der Waals surface area contributed by atoms with Gasteiger partial charge in [-0.3, -0.25) is 4.99 Å². The summed E-state index contributed by atoms with van der Waals surface area (Å²) in [4.78, 5) is 10.0. The van der Waals surface area contributed by atoms with Crippen LogP contribution in [0.2, 0.25) is 0 Å². The lowest BCUT2D eigenvalue weighted by Crippen LogP contribution is -2.47. The van der Waals surface area contributed by atoms with Gasteiger partial charge in [0.05, 0.1) is 0 Å². The third kappa shape index (κ3) is 8.74. The van der Waals surface area contributed by atoms with E-state index in [1.165, 1.54) is 65.0 Å². The second-order valence-electron chi connectivity index (χ2n) is 8.16. The highest BCUT2D eigenvalue weighted by atomic mass is 127. The van der Waals surface area contributed by atoms with Gasteiger partial charge in [0.15, 0.2) is 5.96 Å². The molecule has 1 saturated heterocycles. The fourth-order valence-electron chi connectivity index (χ4n) is 3.95. The standard InChI is InChI=1S/C20H41N5.HI/c1-5-21-20(23-19-9-7-17(3)8-10-19)22-15-18(4)16-25-13-11-24(6-2)12-14-25;/h17-19H,5-16H2,1-4H3,(H2,21,22,23);1H. The van der Waals surface area contributed by atoms with Crippen LogP contribution in [-0.2, 0) is 0 Å². The lowest BCUT2D eigenvalue weighted by atomic mass is 9.87. The molecule has 1 aliphatic heterocycles. The molecule has 154 valence electrons. The molecule has 2 N–H and O–H groups in total. The number of hydrogen-bond acceptors (Lipinski definition) is 3. The van der Waals surface area contributed by atoms with Crippen molar-refractivity contribution in [3.05, 3.63) is 0 Å². The van der Waals surface area contributed by atoms with Gasteiger partial charge in [-0.15, -0.1) is 24.0 Å². The zero-order valence-electron chi connectivity index (χ0n) is 17.5. The second-order valence-corrected chi connectivity index (χ2v) is 8.16. The lowest BCUT2D eigenvalue weighted by Gasteiger charge is -2.35. The quantitative estimate of drug-likeness (QED) is 0.335. The summed E-state index contributed by atoms with van der Waals surface area (Å²) in [6, 6.07) is 0.603. The zero-order chi connectivity index (χ0) is 18.1. The first kappa shape index (κ1) is 24.0. The summed E-state index contributed by atoms with van der Waals surface area (Å²) in [5.41, 5.74) is 0. The molecule has 0 amide bonds.